The number of nitriles is 1. The topological polar surface area (TPSA) is 97.6 Å². The molecule has 0 aromatic carbocycles. The number of ketones is 1. The van der Waals surface area contributed by atoms with E-state index in [4.69, 9.17) is 11.0 Å². The van der Waals surface area contributed by atoms with Crippen LogP contribution in [0.3, 0.4) is 0 Å². The minimum absolute atomic E-state index is 0.00171. The molecule has 1 atom stereocenters. The van der Waals surface area contributed by atoms with Crippen molar-refractivity contribution in [2.24, 2.45) is 17.1 Å². The van der Waals surface area contributed by atoms with E-state index in [-0.39, 0.29) is 22.8 Å². The second kappa shape index (κ2) is 9.41. The monoisotopic (exact) mass is 455 g/mol. The summed E-state index contributed by atoms with van der Waals surface area (Å²) in [5, 5.41) is 18.5. The molecule has 164 valence electrons. The molecule has 2 aromatic heterocycles. The number of nitrogens with two attached hydrogens (primary N) is 1. The lowest BCUT2D eigenvalue weighted by Gasteiger charge is -2.33. The molecule has 3 rings (SSSR count). The van der Waals surface area contributed by atoms with E-state index in [2.05, 4.69) is 43.6 Å². The molecule has 31 heavy (non-hydrogen) atoms. The predicted molar refractivity (Wildman–Crippen MR) is 127 cm³/mol. The molecule has 8 heteroatoms. The third-order valence-electron chi connectivity index (χ3n) is 5.67. The van der Waals surface area contributed by atoms with Crippen molar-refractivity contribution < 1.29 is 4.79 Å². The molecule has 0 bridgehead atoms. The van der Waals surface area contributed by atoms with Crippen LogP contribution in [0.5, 0.6) is 0 Å². The summed E-state index contributed by atoms with van der Waals surface area (Å²) >= 11 is 3.06. The van der Waals surface area contributed by atoms with Gasteiger partial charge in [0.1, 0.15) is 11.6 Å². The van der Waals surface area contributed by atoms with Crippen molar-refractivity contribution in [2.45, 2.75) is 58.7 Å². The standard InChI is InChI=1S/C23H29N5OS2/c1-6-9-28-21(26-27-22(28)30-13-18(29)17(12-24)14(2)25)20-11-15-10-16(23(3,4)5)7-8-19(15)31-20/h6,11,16H,1,7-10,13,25H2,2-5H3/b17-14+. The van der Waals surface area contributed by atoms with E-state index >= 15 is 0 Å². The average Bonchev–Trinajstić information content (AvgIpc) is 3.29. The van der Waals surface area contributed by atoms with Crippen molar-refractivity contribution in [2.75, 3.05) is 5.75 Å². The molecule has 0 spiro atoms. The molecule has 0 saturated carbocycles. The smallest absolute Gasteiger partial charge is 0.192 e. The van der Waals surface area contributed by atoms with Crippen molar-refractivity contribution in [3.63, 3.8) is 0 Å². The summed E-state index contributed by atoms with van der Waals surface area (Å²) in [6, 6.07) is 4.14. The van der Waals surface area contributed by atoms with Crippen LogP contribution in [-0.4, -0.2) is 26.3 Å². The first kappa shape index (κ1) is 23.3. The van der Waals surface area contributed by atoms with Crippen molar-refractivity contribution in [1.82, 2.24) is 14.8 Å². The van der Waals surface area contributed by atoms with Gasteiger partial charge in [-0.05, 0) is 49.1 Å². The van der Waals surface area contributed by atoms with Gasteiger partial charge in [0.2, 0.25) is 0 Å². The van der Waals surface area contributed by atoms with E-state index in [9.17, 15) is 4.79 Å². The summed E-state index contributed by atoms with van der Waals surface area (Å²) in [5.41, 5.74) is 7.60. The summed E-state index contributed by atoms with van der Waals surface area (Å²) in [5.74, 6) is 1.26. The SMILES string of the molecule is C=CCn1c(SCC(=O)/C(C#N)=C(\C)N)nnc1-c1cc2c(s1)CCC(C(C)(C)C)C2. The Morgan fingerprint density at radius 1 is 1.48 bits per heavy atom. The van der Waals surface area contributed by atoms with Crippen molar-refractivity contribution in [1.29, 1.82) is 5.26 Å². The number of hydrogen-bond acceptors (Lipinski definition) is 7. The molecular weight excluding hydrogens is 426 g/mol. The molecule has 1 aliphatic rings. The fourth-order valence-corrected chi connectivity index (χ4v) is 5.84. The Labute approximate surface area is 192 Å². The number of fused-ring (bicyclic) bond motifs is 1. The Morgan fingerprint density at radius 3 is 2.84 bits per heavy atom. The van der Waals surface area contributed by atoms with E-state index < -0.39 is 0 Å². The second-order valence-electron chi connectivity index (χ2n) is 8.95. The Hall–Kier alpha value is -2.37. The van der Waals surface area contributed by atoms with Gasteiger partial charge in [0.15, 0.2) is 16.8 Å². The van der Waals surface area contributed by atoms with E-state index in [0.29, 0.717) is 23.0 Å². The number of rotatable bonds is 7. The number of carbonyl (C=O) groups excluding carboxylic acids is 1. The maximum absolute atomic E-state index is 12.3. The molecule has 2 N–H and O–H groups in total. The summed E-state index contributed by atoms with van der Waals surface area (Å²) in [6.07, 6.45) is 5.22. The number of aromatic nitrogens is 3. The summed E-state index contributed by atoms with van der Waals surface area (Å²) < 4.78 is 1.98. The zero-order valence-electron chi connectivity index (χ0n) is 18.6. The Morgan fingerprint density at radius 2 is 2.23 bits per heavy atom. The van der Waals surface area contributed by atoms with Gasteiger partial charge in [-0.3, -0.25) is 9.36 Å². The molecule has 1 unspecified atom stereocenters. The van der Waals surface area contributed by atoms with Gasteiger partial charge < -0.3 is 5.73 Å². The first-order valence-electron chi connectivity index (χ1n) is 10.3. The van der Waals surface area contributed by atoms with Gasteiger partial charge in [0.05, 0.1) is 10.6 Å². The van der Waals surface area contributed by atoms with E-state index in [0.717, 1.165) is 23.5 Å². The molecule has 2 heterocycles. The molecule has 6 nitrogen and oxygen atoms in total. The lowest BCUT2D eigenvalue weighted by atomic mass is 9.72. The Kier molecular flexibility index (Phi) is 7.07. The van der Waals surface area contributed by atoms with Crippen LogP contribution in [0.4, 0.5) is 0 Å². The van der Waals surface area contributed by atoms with Crippen LogP contribution in [0.2, 0.25) is 0 Å². The van der Waals surface area contributed by atoms with Gasteiger partial charge in [-0.1, -0.05) is 38.6 Å². The highest BCUT2D eigenvalue weighted by molar-refractivity contribution is 7.99. The Balaban J connectivity index is 1.84. The molecule has 0 saturated heterocycles. The third kappa shape index (κ3) is 5.10. The first-order chi connectivity index (χ1) is 14.7. The largest absolute Gasteiger partial charge is 0.401 e. The minimum Gasteiger partial charge on any atom is -0.401 e. The lowest BCUT2D eigenvalue weighted by molar-refractivity contribution is -0.112. The van der Waals surface area contributed by atoms with Crippen molar-refractivity contribution in [3.05, 3.63) is 40.4 Å². The normalized spacial score (nSPS) is 16.9. The number of carbonyl (C=O) groups is 1. The average molecular weight is 456 g/mol. The number of hydrogen-bond donors (Lipinski definition) is 1. The number of Topliss-reactive ketones (excluding diaryl/α,β-unsaturated/α-hetero) is 1. The number of thiophene rings is 1. The van der Waals surface area contributed by atoms with E-state index in [1.165, 1.54) is 28.6 Å². The molecule has 1 aliphatic carbocycles. The fourth-order valence-electron chi connectivity index (χ4n) is 3.82. The molecule has 0 amide bonds. The van der Waals surface area contributed by atoms with Crippen LogP contribution >= 0.6 is 23.1 Å². The van der Waals surface area contributed by atoms with Crippen molar-refractivity contribution >= 4 is 28.9 Å². The third-order valence-corrected chi connectivity index (χ3v) is 7.87. The van der Waals surface area contributed by atoms with Crippen molar-refractivity contribution in [3.8, 4) is 16.8 Å². The van der Waals surface area contributed by atoms with Gasteiger partial charge in [0.25, 0.3) is 0 Å². The van der Waals surface area contributed by atoms with Crippen LogP contribution in [-0.2, 0) is 24.2 Å². The van der Waals surface area contributed by atoms with Gasteiger partial charge in [0, 0.05) is 17.1 Å². The first-order valence-corrected chi connectivity index (χ1v) is 12.1. The van der Waals surface area contributed by atoms with Gasteiger partial charge >= 0.3 is 0 Å². The van der Waals surface area contributed by atoms with Crippen LogP contribution < -0.4 is 5.73 Å². The highest BCUT2D eigenvalue weighted by Crippen LogP contribution is 2.42. The number of allylic oxidation sites excluding steroid dienone is 3. The molecular formula is C23H29N5OS2. The van der Waals surface area contributed by atoms with Crippen LogP contribution in [0.25, 0.3) is 10.7 Å². The van der Waals surface area contributed by atoms with Crippen LogP contribution in [0.1, 0.15) is 44.6 Å². The predicted octanol–water partition coefficient (Wildman–Crippen LogP) is 4.76. The van der Waals surface area contributed by atoms with Crippen LogP contribution in [0, 0.1) is 22.7 Å². The maximum Gasteiger partial charge on any atom is 0.192 e. The highest BCUT2D eigenvalue weighted by Gasteiger charge is 2.30. The highest BCUT2D eigenvalue weighted by atomic mass is 32.2. The zero-order chi connectivity index (χ0) is 22.8. The van der Waals surface area contributed by atoms with E-state index in [1.54, 1.807) is 24.3 Å². The number of thioether (sulfide) groups is 1. The maximum atomic E-state index is 12.3. The molecule has 0 fully saturated rings. The molecule has 0 radical (unpaired) electrons. The lowest BCUT2D eigenvalue weighted by Crippen LogP contribution is -2.26. The second-order valence-corrected chi connectivity index (χ2v) is 11.0. The van der Waals surface area contributed by atoms with Crippen LogP contribution in [0.15, 0.2) is 35.1 Å². The summed E-state index contributed by atoms with van der Waals surface area (Å²) in [6.45, 7) is 12.9. The molecule has 2 aromatic rings. The van der Waals surface area contributed by atoms with Gasteiger partial charge in [-0.15, -0.1) is 28.1 Å². The Bertz CT molecular complexity index is 1060. The fraction of sp³-hybridized carbons (Fsp3) is 0.478. The summed E-state index contributed by atoms with van der Waals surface area (Å²) in [4.78, 5) is 14.9. The van der Waals surface area contributed by atoms with Gasteiger partial charge in [-0.2, -0.15) is 5.26 Å². The number of aryl methyl sites for hydroxylation is 1. The quantitative estimate of drug-likeness (QED) is 0.280. The summed E-state index contributed by atoms with van der Waals surface area (Å²) in [7, 11) is 0. The number of nitrogens with zero attached hydrogens (tertiary/aromatic N) is 4. The van der Waals surface area contributed by atoms with E-state index in [1.807, 2.05) is 10.6 Å². The molecule has 0 aliphatic heterocycles. The minimum atomic E-state index is -0.304. The zero-order valence-corrected chi connectivity index (χ0v) is 20.2. The van der Waals surface area contributed by atoms with Gasteiger partial charge in [-0.25, -0.2) is 0 Å².